The molecule has 2 bridgehead atoms. The number of ketones is 1. The van der Waals surface area contributed by atoms with E-state index in [9.17, 15) is 28.9 Å². The Labute approximate surface area is 193 Å². The molecule has 2 amide bonds. The molecule has 1 aliphatic heterocycles. The highest BCUT2D eigenvalue weighted by Gasteiger charge is 2.70. The second kappa shape index (κ2) is 6.66. The van der Waals surface area contributed by atoms with Crippen LogP contribution in [0.25, 0.3) is 0 Å². The van der Waals surface area contributed by atoms with Crippen molar-refractivity contribution in [3.05, 3.63) is 105 Å². The van der Waals surface area contributed by atoms with E-state index in [0.29, 0.717) is 17.2 Å². The number of nitrogens with zero attached hydrogens (tertiary/aromatic N) is 2. The van der Waals surface area contributed by atoms with Crippen molar-refractivity contribution in [2.45, 2.75) is 18.3 Å². The molecule has 0 spiro atoms. The molecular weight excluding hydrogens is 439 g/mol. The first-order valence-corrected chi connectivity index (χ1v) is 10.8. The van der Waals surface area contributed by atoms with Crippen molar-refractivity contribution >= 4 is 29.0 Å². The van der Waals surface area contributed by atoms with Gasteiger partial charge in [0.15, 0.2) is 0 Å². The molecule has 0 saturated carbocycles. The maximum absolute atomic E-state index is 14.0. The number of halogens is 1. The SMILES string of the molecule is CC(=O)C12c3ccccc3C(c3ccccc31)[C@@H]1C(=O)N(c3ccc(F)cc3[N+](=O)[O-])C(=O)[C@@H]12. The van der Waals surface area contributed by atoms with E-state index in [1.807, 2.05) is 36.4 Å². The minimum absolute atomic E-state index is 0.280. The van der Waals surface area contributed by atoms with Crippen LogP contribution in [0.3, 0.4) is 0 Å². The molecule has 7 rings (SSSR count). The lowest BCUT2D eigenvalue weighted by atomic mass is 9.46. The van der Waals surface area contributed by atoms with E-state index >= 15 is 0 Å². The molecule has 0 N–H and O–H groups in total. The summed E-state index contributed by atoms with van der Waals surface area (Å²) in [5, 5.41) is 11.7. The largest absolute Gasteiger partial charge is 0.299 e. The summed E-state index contributed by atoms with van der Waals surface area (Å²) in [7, 11) is 0. The van der Waals surface area contributed by atoms with Gasteiger partial charge >= 0.3 is 0 Å². The van der Waals surface area contributed by atoms with Gasteiger partial charge in [0.2, 0.25) is 11.8 Å². The first-order chi connectivity index (χ1) is 16.3. The Kier molecular flexibility index (Phi) is 4.00. The van der Waals surface area contributed by atoms with Crippen molar-refractivity contribution in [3.63, 3.8) is 0 Å². The van der Waals surface area contributed by atoms with Crippen LogP contribution in [0.4, 0.5) is 15.8 Å². The van der Waals surface area contributed by atoms with Crippen LogP contribution in [-0.4, -0.2) is 22.5 Å². The molecule has 1 fully saturated rings. The van der Waals surface area contributed by atoms with Gasteiger partial charge in [0.05, 0.1) is 28.2 Å². The van der Waals surface area contributed by atoms with Crippen LogP contribution >= 0.6 is 0 Å². The van der Waals surface area contributed by atoms with Crippen molar-refractivity contribution in [3.8, 4) is 0 Å². The van der Waals surface area contributed by atoms with Gasteiger partial charge in [-0.2, -0.15) is 0 Å². The maximum atomic E-state index is 14.0. The van der Waals surface area contributed by atoms with Crippen LogP contribution in [0.1, 0.15) is 35.1 Å². The van der Waals surface area contributed by atoms with Crippen LogP contribution < -0.4 is 4.90 Å². The van der Waals surface area contributed by atoms with E-state index in [1.54, 1.807) is 12.1 Å². The highest BCUT2D eigenvalue weighted by molar-refractivity contribution is 6.26. The zero-order chi connectivity index (χ0) is 23.9. The van der Waals surface area contributed by atoms with Gasteiger partial charge < -0.3 is 0 Å². The van der Waals surface area contributed by atoms with Gasteiger partial charge in [-0.15, -0.1) is 0 Å². The van der Waals surface area contributed by atoms with Gasteiger partial charge in [-0.1, -0.05) is 48.5 Å². The molecule has 0 radical (unpaired) electrons. The van der Waals surface area contributed by atoms with E-state index in [0.717, 1.165) is 28.2 Å². The highest BCUT2D eigenvalue weighted by atomic mass is 19.1. The van der Waals surface area contributed by atoms with Crippen LogP contribution in [0.5, 0.6) is 0 Å². The number of carbonyl (C=O) groups is 3. The molecule has 0 aromatic heterocycles. The topological polar surface area (TPSA) is 97.6 Å². The molecule has 7 nitrogen and oxygen atoms in total. The van der Waals surface area contributed by atoms with Gasteiger partial charge in [0.1, 0.15) is 17.3 Å². The molecular formula is C26H17FN2O5. The molecule has 0 unspecified atom stereocenters. The van der Waals surface area contributed by atoms with E-state index in [2.05, 4.69) is 0 Å². The number of Topliss-reactive ketones (excluding diaryl/α,β-unsaturated/α-hetero) is 1. The smallest absolute Gasteiger partial charge is 0.296 e. The molecule has 168 valence electrons. The van der Waals surface area contributed by atoms with Crippen LogP contribution in [0.2, 0.25) is 0 Å². The summed E-state index contributed by atoms with van der Waals surface area (Å²) in [4.78, 5) is 53.0. The Hall–Kier alpha value is -4.20. The fourth-order valence-electron chi connectivity index (χ4n) is 6.44. The average Bonchev–Trinajstić information content (AvgIpc) is 3.09. The highest BCUT2D eigenvalue weighted by Crippen LogP contribution is 2.64. The average molecular weight is 456 g/mol. The molecule has 3 aromatic rings. The fourth-order valence-corrected chi connectivity index (χ4v) is 6.44. The number of benzene rings is 3. The maximum Gasteiger partial charge on any atom is 0.296 e. The minimum Gasteiger partial charge on any atom is -0.299 e. The number of carbonyl (C=O) groups excluding carboxylic acids is 3. The van der Waals surface area contributed by atoms with Crippen LogP contribution in [0, 0.1) is 27.8 Å². The lowest BCUT2D eigenvalue weighted by molar-refractivity contribution is -0.384. The van der Waals surface area contributed by atoms with Crippen molar-refractivity contribution in [2.24, 2.45) is 11.8 Å². The van der Waals surface area contributed by atoms with Gasteiger partial charge in [0, 0.05) is 5.92 Å². The number of nitro groups is 1. The summed E-state index contributed by atoms with van der Waals surface area (Å²) in [6.07, 6.45) is 0. The predicted molar refractivity (Wildman–Crippen MR) is 119 cm³/mol. The molecule has 34 heavy (non-hydrogen) atoms. The molecule has 3 aromatic carbocycles. The summed E-state index contributed by atoms with van der Waals surface area (Å²) in [5.74, 6) is -4.90. The van der Waals surface area contributed by atoms with Crippen molar-refractivity contribution in [1.29, 1.82) is 0 Å². The fraction of sp³-hybridized carbons (Fsp3) is 0.192. The van der Waals surface area contributed by atoms with Crippen molar-refractivity contribution in [2.75, 3.05) is 4.90 Å². The van der Waals surface area contributed by atoms with Gasteiger partial charge in [0.25, 0.3) is 5.69 Å². The zero-order valence-electron chi connectivity index (χ0n) is 17.9. The first kappa shape index (κ1) is 20.4. The normalized spacial score (nSPS) is 26.2. The number of anilines is 1. The van der Waals surface area contributed by atoms with Crippen LogP contribution in [0.15, 0.2) is 66.7 Å². The van der Waals surface area contributed by atoms with E-state index < -0.39 is 51.4 Å². The molecule has 2 atom stereocenters. The number of amides is 2. The molecule has 1 saturated heterocycles. The third-order valence-corrected chi connectivity index (χ3v) is 7.55. The number of nitro benzene ring substituents is 1. The first-order valence-electron chi connectivity index (χ1n) is 10.8. The van der Waals surface area contributed by atoms with E-state index in [-0.39, 0.29) is 11.5 Å². The second-order valence-electron chi connectivity index (χ2n) is 8.92. The number of hydrogen-bond acceptors (Lipinski definition) is 5. The third kappa shape index (κ3) is 2.22. The van der Waals surface area contributed by atoms with Crippen molar-refractivity contribution < 1.29 is 23.7 Å². The molecule has 4 aliphatic rings. The molecule has 1 heterocycles. The molecule has 3 aliphatic carbocycles. The Morgan fingerprint density at radius 3 is 2.12 bits per heavy atom. The van der Waals surface area contributed by atoms with Gasteiger partial charge in [-0.05, 0) is 41.3 Å². The Bertz CT molecular complexity index is 1420. The summed E-state index contributed by atoms with van der Waals surface area (Å²) < 4.78 is 13.8. The number of rotatable bonds is 3. The van der Waals surface area contributed by atoms with Gasteiger partial charge in [-0.25, -0.2) is 9.29 Å². The lowest BCUT2D eigenvalue weighted by Gasteiger charge is -2.52. The number of imide groups is 1. The Morgan fingerprint density at radius 1 is 0.971 bits per heavy atom. The summed E-state index contributed by atoms with van der Waals surface area (Å²) in [6, 6.07) is 17.4. The Morgan fingerprint density at radius 2 is 1.56 bits per heavy atom. The van der Waals surface area contributed by atoms with Crippen molar-refractivity contribution in [1.82, 2.24) is 0 Å². The zero-order valence-corrected chi connectivity index (χ0v) is 17.9. The van der Waals surface area contributed by atoms with E-state index in [4.69, 9.17) is 0 Å². The lowest BCUT2D eigenvalue weighted by Crippen LogP contribution is -2.57. The van der Waals surface area contributed by atoms with E-state index in [1.165, 1.54) is 6.92 Å². The van der Waals surface area contributed by atoms with Crippen LogP contribution in [-0.2, 0) is 19.8 Å². The Balaban J connectivity index is 1.66. The quantitative estimate of drug-likeness (QED) is 0.339. The monoisotopic (exact) mass is 456 g/mol. The number of hydrogen-bond donors (Lipinski definition) is 0. The summed E-state index contributed by atoms with van der Waals surface area (Å²) in [6.45, 7) is 1.41. The molecule has 8 heteroatoms. The summed E-state index contributed by atoms with van der Waals surface area (Å²) >= 11 is 0. The predicted octanol–water partition coefficient (Wildman–Crippen LogP) is 3.87. The summed E-state index contributed by atoms with van der Waals surface area (Å²) in [5.41, 5.74) is 0.598. The van der Waals surface area contributed by atoms with Gasteiger partial charge in [-0.3, -0.25) is 24.5 Å². The third-order valence-electron chi connectivity index (χ3n) is 7.55. The standard InChI is InChI=1S/C26H17FN2O5/c1-13(30)26-17-8-4-2-6-15(17)21(16-7-3-5-9-18(16)26)22-23(26)25(32)28(24(22)31)19-11-10-14(27)12-20(19)29(33)34/h2-12,21-23H,1H3/t21?,22-,23+,26?/m0/s1. The second-order valence-corrected chi connectivity index (χ2v) is 8.92. The minimum atomic E-state index is -1.40.